The maximum Gasteiger partial charge on any atom is 0.177 e. The molecule has 0 aromatic heterocycles. The molecule has 0 aromatic rings. The van der Waals surface area contributed by atoms with E-state index in [9.17, 15) is 4.79 Å². The Morgan fingerprint density at radius 2 is 0.929 bits per heavy atom. The molecular weight excluding hydrogens is 172 g/mol. The Kier molecular flexibility index (Phi) is 146. The summed E-state index contributed by atoms with van der Waals surface area (Å²) in [5.74, 6) is 0.0509. The Morgan fingerprint density at radius 1 is 0.714 bits per heavy atom. The van der Waals surface area contributed by atoms with E-state index < -0.39 is 0 Å². The standard InChI is InChI=1S/C7H10O.6CH4/c1-3-5-7(8)6-4-2;;;;;;/h3-6H,1-2H3;6*1H4. The third kappa shape index (κ3) is 43.3. The van der Waals surface area contributed by atoms with Crippen molar-refractivity contribution in [3.05, 3.63) is 24.3 Å². The summed E-state index contributed by atoms with van der Waals surface area (Å²) in [5, 5.41) is 0. The summed E-state index contributed by atoms with van der Waals surface area (Å²) in [6.07, 6.45) is 6.50. The summed E-state index contributed by atoms with van der Waals surface area (Å²) in [4.78, 5) is 10.5. The quantitative estimate of drug-likeness (QED) is 0.543. The van der Waals surface area contributed by atoms with Crippen molar-refractivity contribution in [3.8, 4) is 0 Å². The molecule has 14 heavy (non-hydrogen) atoms. The smallest absolute Gasteiger partial charge is 0.177 e. The van der Waals surface area contributed by atoms with Crippen LogP contribution in [0.15, 0.2) is 24.3 Å². The molecule has 0 aliphatic rings. The lowest BCUT2D eigenvalue weighted by Gasteiger charge is -1.75. The zero-order valence-electron chi connectivity index (χ0n) is 5.22. The maximum absolute atomic E-state index is 10.5. The zero-order valence-corrected chi connectivity index (χ0v) is 5.22. The van der Waals surface area contributed by atoms with Crippen LogP contribution < -0.4 is 0 Å². The SMILES string of the molecule is C.C.C.C.C.C.CC=CC(=O)C=CC. The van der Waals surface area contributed by atoms with Gasteiger partial charge in [-0.1, -0.05) is 56.7 Å². The molecule has 0 bridgehead atoms. The molecule has 0 saturated carbocycles. The Balaban J connectivity index is -0.0000000163. The highest BCUT2D eigenvalue weighted by Crippen LogP contribution is 1.78. The molecule has 0 fully saturated rings. The molecule has 0 unspecified atom stereocenters. The fourth-order valence-electron chi connectivity index (χ4n) is 0.384. The van der Waals surface area contributed by atoms with E-state index in [4.69, 9.17) is 0 Å². The van der Waals surface area contributed by atoms with Crippen molar-refractivity contribution in [3.63, 3.8) is 0 Å². The highest BCUT2D eigenvalue weighted by molar-refractivity contribution is 5.98. The number of allylic oxidation sites excluding steroid dienone is 4. The van der Waals surface area contributed by atoms with Gasteiger partial charge < -0.3 is 0 Å². The van der Waals surface area contributed by atoms with Gasteiger partial charge in [0.25, 0.3) is 0 Å². The van der Waals surface area contributed by atoms with Gasteiger partial charge in [0.2, 0.25) is 0 Å². The predicted octanol–water partition coefficient (Wildman–Crippen LogP) is 5.52. The van der Waals surface area contributed by atoms with Crippen LogP contribution >= 0.6 is 0 Å². The molecule has 0 aliphatic heterocycles. The van der Waals surface area contributed by atoms with Crippen LogP contribution in [0.1, 0.15) is 58.4 Å². The topological polar surface area (TPSA) is 17.1 Å². The van der Waals surface area contributed by atoms with Crippen LogP contribution in [-0.2, 0) is 4.79 Å². The molecule has 0 aromatic carbocycles. The van der Waals surface area contributed by atoms with Crippen LogP contribution in [0.4, 0.5) is 0 Å². The summed E-state index contributed by atoms with van der Waals surface area (Å²) in [6, 6.07) is 0. The number of hydrogen-bond acceptors (Lipinski definition) is 1. The number of carbonyl (C=O) groups excluding carboxylic acids is 1. The van der Waals surface area contributed by atoms with Crippen LogP contribution in [0.25, 0.3) is 0 Å². The number of rotatable bonds is 2. The average Bonchev–Trinajstić information content (AvgIpc) is 1.68. The highest BCUT2D eigenvalue weighted by Gasteiger charge is 1.80. The minimum atomic E-state index is 0. The third-order valence-corrected chi connectivity index (χ3v) is 0.662. The van der Waals surface area contributed by atoms with E-state index in [0.717, 1.165) is 0 Å². The van der Waals surface area contributed by atoms with Gasteiger partial charge in [0.05, 0.1) is 0 Å². The van der Waals surface area contributed by atoms with E-state index in [1.54, 1.807) is 12.2 Å². The predicted molar refractivity (Wildman–Crippen MR) is 75.0 cm³/mol. The summed E-state index contributed by atoms with van der Waals surface area (Å²) >= 11 is 0. The Labute approximate surface area is 93.9 Å². The van der Waals surface area contributed by atoms with Crippen LogP contribution in [-0.4, -0.2) is 5.78 Å². The summed E-state index contributed by atoms with van der Waals surface area (Å²) < 4.78 is 0. The van der Waals surface area contributed by atoms with Gasteiger partial charge in [-0.25, -0.2) is 0 Å². The van der Waals surface area contributed by atoms with Gasteiger partial charge in [-0.3, -0.25) is 4.79 Å². The molecule has 1 nitrogen and oxygen atoms in total. The second kappa shape index (κ2) is 39.9. The highest BCUT2D eigenvalue weighted by atomic mass is 16.1. The van der Waals surface area contributed by atoms with Crippen molar-refractivity contribution in [2.45, 2.75) is 58.4 Å². The Morgan fingerprint density at radius 3 is 1.07 bits per heavy atom. The molecule has 0 amide bonds. The van der Waals surface area contributed by atoms with Crippen LogP contribution in [0, 0.1) is 0 Å². The molecule has 0 radical (unpaired) electrons. The van der Waals surface area contributed by atoms with Crippen LogP contribution in [0.2, 0.25) is 0 Å². The molecular formula is C13H34O. The molecule has 0 heterocycles. The van der Waals surface area contributed by atoms with Crippen molar-refractivity contribution >= 4 is 5.78 Å². The molecule has 0 atom stereocenters. The first-order valence-electron chi connectivity index (χ1n) is 2.60. The zero-order chi connectivity index (χ0) is 6.41. The average molecular weight is 206 g/mol. The van der Waals surface area contributed by atoms with Gasteiger partial charge in [0.1, 0.15) is 0 Å². The molecule has 0 saturated heterocycles. The van der Waals surface area contributed by atoms with Crippen molar-refractivity contribution in [2.24, 2.45) is 0 Å². The van der Waals surface area contributed by atoms with Gasteiger partial charge in [0.15, 0.2) is 5.78 Å². The van der Waals surface area contributed by atoms with Crippen molar-refractivity contribution < 1.29 is 4.79 Å². The van der Waals surface area contributed by atoms with Crippen LogP contribution in [0.3, 0.4) is 0 Å². The summed E-state index contributed by atoms with van der Waals surface area (Å²) in [7, 11) is 0. The normalized spacial score (nSPS) is 6.43. The van der Waals surface area contributed by atoms with Gasteiger partial charge in [-0.2, -0.15) is 0 Å². The summed E-state index contributed by atoms with van der Waals surface area (Å²) in [6.45, 7) is 3.64. The fourth-order valence-corrected chi connectivity index (χ4v) is 0.384. The van der Waals surface area contributed by atoms with Gasteiger partial charge in [0, 0.05) is 0 Å². The summed E-state index contributed by atoms with van der Waals surface area (Å²) in [5.41, 5.74) is 0. The van der Waals surface area contributed by atoms with Crippen molar-refractivity contribution in [2.75, 3.05) is 0 Å². The molecule has 0 rings (SSSR count). The minimum absolute atomic E-state index is 0. The van der Waals surface area contributed by atoms with E-state index in [1.165, 1.54) is 12.2 Å². The maximum atomic E-state index is 10.5. The van der Waals surface area contributed by atoms with E-state index in [1.807, 2.05) is 13.8 Å². The van der Waals surface area contributed by atoms with E-state index in [-0.39, 0.29) is 50.3 Å². The second-order valence-corrected chi connectivity index (χ2v) is 1.40. The largest absolute Gasteiger partial charge is 0.290 e. The number of hydrogen-bond donors (Lipinski definition) is 0. The Hall–Kier alpha value is -0.850. The van der Waals surface area contributed by atoms with E-state index in [0.29, 0.717) is 0 Å². The van der Waals surface area contributed by atoms with Gasteiger partial charge in [-0.05, 0) is 26.0 Å². The lowest BCUT2D eigenvalue weighted by molar-refractivity contribution is -0.110. The molecule has 0 aliphatic carbocycles. The number of carbonyl (C=O) groups is 1. The fraction of sp³-hybridized carbons (Fsp3) is 0.615. The first-order chi connectivity index (χ1) is 3.81. The molecule has 0 N–H and O–H groups in total. The van der Waals surface area contributed by atoms with Crippen LogP contribution in [0.5, 0.6) is 0 Å². The first-order valence-corrected chi connectivity index (χ1v) is 2.60. The lowest BCUT2D eigenvalue weighted by atomic mass is 10.3. The molecule has 1 heteroatoms. The van der Waals surface area contributed by atoms with Crippen molar-refractivity contribution in [1.29, 1.82) is 0 Å². The molecule has 92 valence electrons. The first kappa shape index (κ1) is 51.3. The van der Waals surface area contributed by atoms with E-state index >= 15 is 0 Å². The number of ketones is 1. The minimum Gasteiger partial charge on any atom is -0.290 e. The monoisotopic (exact) mass is 206 g/mol. The second-order valence-electron chi connectivity index (χ2n) is 1.40. The lowest BCUT2D eigenvalue weighted by Crippen LogP contribution is -1.81. The third-order valence-electron chi connectivity index (χ3n) is 0.662. The Bertz CT molecular complexity index is 107. The van der Waals surface area contributed by atoms with Gasteiger partial charge >= 0.3 is 0 Å². The van der Waals surface area contributed by atoms with Gasteiger partial charge in [-0.15, -0.1) is 0 Å². The van der Waals surface area contributed by atoms with Crippen molar-refractivity contribution in [1.82, 2.24) is 0 Å². The van der Waals surface area contributed by atoms with E-state index in [2.05, 4.69) is 0 Å². The molecule has 0 spiro atoms.